The summed E-state index contributed by atoms with van der Waals surface area (Å²) in [6.07, 6.45) is 6.50. The minimum Gasteiger partial charge on any atom is -0.459 e. The molecule has 8 heteroatoms. The molecule has 0 bridgehead atoms. The molecule has 0 radical (unpaired) electrons. The van der Waals surface area contributed by atoms with Gasteiger partial charge < -0.3 is 20.5 Å². The number of anilines is 2. The number of benzene rings is 3. The lowest BCUT2D eigenvalue weighted by Crippen LogP contribution is -2.37. The molecular formula is C37H41ClN2O5. The van der Waals surface area contributed by atoms with Crippen molar-refractivity contribution in [2.45, 2.75) is 71.0 Å². The van der Waals surface area contributed by atoms with E-state index in [1.54, 1.807) is 30.3 Å². The van der Waals surface area contributed by atoms with Crippen LogP contribution in [0.15, 0.2) is 54.6 Å². The molecule has 0 aromatic heterocycles. The Bertz CT molecular complexity index is 1600. The smallest absolute Gasteiger partial charge is 0.340 e. The summed E-state index contributed by atoms with van der Waals surface area (Å²) in [4.78, 5) is 41.2. The third-order valence-corrected chi connectivity index (χ3v) is 9.81. The summed E-state index contributed by atoms with van der Waals surface area (Å²) in [6, 6.07) is 15.8. The Labute approximate surface area is 269 Å². The largest absolute Gasteiger partial charge is 0.459 e. The SMILES string of the molecule is CC(C)COC1CCC2CC(OC(=O)c3cc(NCCc4ccc(Cl)cc4)c4c(c3N)C(=O)c3ccccc3C4=O)CCC2C1. The van der Waals surface area contributed by atoms with Crippen molar-refractivity contribution in [3.8, 4) is 0 Å². The lowest BCUT2D eigenvalue weighted by atomic mass is 9.69. The highest BCUT2D eigenvalue weighted by atomic mass is 35.5. The number of halogens is 1. The maximum absolute atomic E-state index is 13.8. The summed E-state index contributed by atoms with van der Waals surface area (Å²) < 4.78 is 12.2. The zero-order valence-electron chi connectivity index (χ0n) is 25.9. The van der Waals surface area contributed by atoms with Gasteiger partial charge in [-0.25, -0.2) is 4.79 Å². The Hall–Kier alpha value is -3.68. The third kappa shape index (κ3) is 6.66. The van der Waals surface area contributed by atoms with E-state index in [1.165, 1.54) is 0 Å². The molecule has 3 N–H and O–H groups in total. The van der Waals surface area contributed by atoms with Gasteiger partial charge in [0, 0.05) is 35.0 Å². The number of hydrogen-bond donors (Lipinski definition) is 2. The van der Waals surface area contributed by atoms with E-state index in [0.717, 1.165) is 50.7 Å². The van der Waals surface area contributed by atoms with Crippen molar-refractivity contribution in [2.75, 3.05) is 24.2 Å². The van der Waals surface area contributed by atoms with Crippen LogP contribution in [-0.2, 0) is 15.9 Å². The molecule has 7 nitrogen and oxygen atoms in total. The zero-order chi connectivity index (χ0) is 31.7. The standard InChI is InChI=1S/C37H41ClN2O5/c1-21(2)20-44-26-13-9-24-18-27(14-10-23(24)17-26)45-37(43)30-19-31(40-16-15-22-7-11-25(38)12-8-22)32-33(34(30)39)36(42)29-6-4-3-5-28(29)35(32)41/h3-8,11-12,19,21,23-24,26-27,40H,9-10,13-18,20,39H2,1-2H3. The van der Waals surface area contributed by atoms with Crippen LogP contribution in [0.5, 0.6) is 0 Å². The molecule has 0 aliphatic heterocycles. The number of esters is 1. The number of ketones is 2. The number of hydrogen-bond acceptors (Lipinski definition) is 7. The number of carbonyl (C=O) groups excluding carboxylic acids is 3. The van der Waals surface area contributed by atoms with E-state index in [1.807, 2.05) is 24.3 Å². The fourth-order valence-electron chi connectivity index (χ4n) is 7.22. The van der Waals surface area contributed by atoms with Crippen LogP contribution in [0.4, 0.5) is 11.4 Å². The van der Waals surface area contributed by atoms with Crippen LogP contribution in [0.2, 0.25) is 5.02 Å². The van der Waals surface area contributed by atoms with Gasteiger partial charge in [-0.2, -0.15) is 0 Å². The lowest BCUT2D eigenvalue weighted by molar-refractivity contribution is -0.0454. The van der Waals surface area contributed by atoms with Gasteiger partial charge in [0.05, 0.1) is 28.5 Å². The average Bonchev–Trinajstić information content (AvgIpc) is 3.03. The first-order valence-corrected chi connectivity index (χ1v) is 16.5. The Morgan fingerprint density at radius 3 is 2.20 bits per heavy atom. The quantitative estimate of drug-likeness (QED) is 0.146. The van der Waals surface area contributed by atoms with Crippen molar-refractivity contribution in [2.24, 2.45) is 17.8 Å². The van der Waals surface area contributed by atoms with Gasteiger partial charge in [0.15, 0.2) is 11.6 Å². The summed E-state index contributed by atoms with van der Waals surface area (Å²) in [5.74, 6) is 0.373. The van der Waals surface area contributed by atoms with Gasteiger partial charge in [-0.05, 0) is 86.5 Å². The highest BCUT2D eigenvalue weighted by Gasteiger charge is 2.39. The second kappa shape index (κ2) is 13.4. The molecule has 4 atom stereocenters. The summed E-state index contributed by atoms with van der Waals surface area (Å²) in [6.45, 7) is 5.60. The summed E-state index contributed by atoms with van der Waals surface area (Å²) in [5.41, 5.74) is 8.98. The number of ether oxygens (including phenoxy) is 2. The predicted octanol–water partition coefficient (Wildman–Crippen LogP) is 7.52. The maximum Gasteiger partial charge on any atom is 0.340 e. The first-order valence-electron chi connectivity index (χ1n) is 16.1. The zero-order valence-corrected chi connectivity index (χ0v) is 26.7. The highest BCUT2D eigenvalue weighted by Crippen LogP contribution is 2.43. The van der Waals surface area contributed by atoms with Gasteiger partial charge in [0.1, 0.15) is 6.10 Å². The molecule has 0 spiro atoms. The third-order valence-electron chi connectivity index (χ3n) is 9.56. The van der Waals surface area contributed by atoms with Crippen LogP contribution in [0.3, 0.4) is 0 Å². The molecular weight excluding hydrogens is 588 g/mol. The Morgan fingerprint density at radius 2 is 1.53 bits per heavy atom. The van der Waals surface area contributed by atoms with Gasteiger partial charge in [-0.15, -0.1) is 0 Å². The Balaban J connectivity index is 1.22. The molecule has 45 heavy (non-hydrogen) atoms. The first kappa shape index (κ1) is 31.3. The number of nitrogens with one attached hydrogen (secondary N) is 1. The lowest BCUT2D eigenvalue weighted by Gasteiger charge is -2.41. The number of nitrogens with two attached hydrogens (primary N) is 1. The van der Waals surface area contributed by atoms with Crippen LogP contribution in [-0.4, -0.2) is 42.9 Å². The fraction of sp³-hybridized carbons (Fsp3) is 0.432. The topological polar surface area (TPSA) is 108 Å². The van der Waals surface area contributed by atoms with Gasteiger partial charge >= 0.3 is 5.97 Å². The van der Waals surface area contributed by atoms with Gasteiger partial charge in [0.2, 0.25) is 0 Å². The molecule has 3 aliphatic rings. The Morgan fingerprint density at radius 1 is 0.911 bits per heavy atom. The van der Waals surface area contributed by atoms with Crippen molar-refractivity contribution < 1.29 is 23.9 Å². The molecule has 2 fully saturated rings. The minimum atomic E-state index is -0.562. The molecule has 2 saturated carbocycles. The van der Waals surface area contributed by atoms with Crippen molar-refractivity contribution in [3.63, 3.8) is 0 Å². The normalized spacial score (nSPS) is 22.4. The second-order valence-corrected chi connectivity index (χ2v) is 13.6. The van der Waals surface area contributed by atoms with Crippen LogP contribution in [0.25, 0.3) is 0 Å². The van der Waals surface area contributed by atoms with E-state index in [0.29, 0.717) is 53.1 Å². The van der Waals surface area contributed by atoms with Gasteiger partial charge in [-0.1, -0.05) is 61.8 Å². The van der Waals surface area contributed by atoms with E-state index in [2.05, 4.69) is 19.2 Å². The molecule has 6 rings (SSSR count). The van der Waals surface area contributed by atoms with E-state index >= 15 is 0 Å². The van der Waals surface area contributed by atoms with E-state index in [4.69, 9.17) is 26.8 Å². The maximum atomic E-state index is 13.8. The molecule has 0 heterocycles. The first-order chi connectivity index (χ1) is 21.7. The number of fused-ring (bicyclic) bond motifs is 3. The summed E-state index contributed by atoms with van der Waals surface area (Å²) >= 11 is 6.04. The van der Waals surface area contributed by atoms with Crippen LogP contribution in [0, 0.1) is 17.8 Å². The fourth-order valence-corrected chi connectivity index (χ4v) is 7.35. The molecule has 0 saturated heterocycles. The van der Waals surface area contributed by atoms with Crippen molar-refractivity contribution in [3.05, 3.63) is 93.0 Å². The number of nitrogen functional groups attached to an aromatic ring is 1. The van der Waals surface area contributed by atoms with Crippen LogP contribution in [0.1, 0.15) is 100 Å². The van der Waals surface area contributed by atoms with Gasteiger partial charge in [0.25, 0.3) is 0 Å². The monoisotopic (exact) mass is 628 g/mol. The van der Waals surface area contributed by atoms with Crippen LogP contribution >= 0.6 is 11.6 Å². The summed E-state index contributed by atoms with van der Waals surface area (Å²) in [7, 11) is 0. The van der Waals surface area contributed by atoms with E-state index in [-0.39, 0.29) is 45.6 Å². The van der Waals surface area contributed by atoms with E-state index in [9.17, 15) is 14.4 Å². The molecule has 236 valence electrons. The van der Waals surface area contributed by atoms with Gasteiger partial charge in [-0.3, -0.25) is 9.59 Å². The van der Waals surface area contributed by atoms with Crippen LogP contribution < -0.4 is 11.1 Å². The van der Waals surface area contributed by atoms with Crippen molar-refractivity contribution >= 4 is 40.5 Å². The molecule has 3 aliphatic carbocycles. The second-order valence-electron chi connectivity index (χ2n) is 13.2. The molecule has 0 amide bonds. The number of rotatable bonds is 9. The predicted molar refractivity (Wildman–Crippen MR) is 176 cm³/mol. The van der Waals surface area contributed by atoms with E-state index < -0.39 is 5.97 Å². The Kier molecular flexibility index (Phi) is 9.29. The average molecular weight is 629 g/mol. The molecule has 4 unspecified atom stereocenters. The highest BCUT2D eigenvalue weighted by molar-refractivity contribution is 6.32. The molecule has 3 aromatic rings. The van der Waals surface area contributed by atoms with Crippen molar-refractivity contribution in [1.82, 2.24) is 0 Å². The minimum absolute atomic E-state index is 0.0115. The van der Waals surface area contributed by atoms with Crippen molar-refractivity contribution in [1.29, 1.82) is 0 Å². The molecule has 3 aromatic carbocycles. The summed E-state index contributed by atoms with van der Waals surface area (Å²) in [5, 5.41) is 3.98. The number of carbonyl (C=O) groups is 3.